The Morgan fingerprint density at radius 2 is 1.00 bits per heavy atom. The largest absolute Gasteiger partial charge is 1.00 e. The average molecular weight is 457 g/mol. The van der Waals surface area contributed by atoms with Crippen LogP contribution in [0.25, 0.3) is 0 Å². The fourth-order valence-corrected chi connectivity index (χ4v) is 41.4. The fourth-order valence-electron chi connectivity index (χ4n) is 4.42. The fraction of sp³-hybridized carbons (Fsp3) is 0.250. The summed E-state index contributed by atoms with van der Waals surface area (Å²) in [5.74, 6) is 0. The van der Waals surface area contributed by atoms with Crippen molar-refractivity contribution in [2.24, 2.45) is 0 Å². The molecule has 30 heavy (non-hydrogen) atoms. The van der Waals surface area contributed by atoms with E-state index in [4.69, 9.17) is 4.12 Å². The second-order valence-electron chi connectivity index (χ2n) is 9.10. The maximum absolute atomic E-state index is 7.34. The normalized spacial score (nSPS) is 15.4. The molecule has 0 radical (unpaired) electrons. The maximum Gasteiger partial charge on any atom is 1.00 e. The van der Waals surface area contributed by atoms with Crippen LogP contribution in [0.15, 0.2) is 91.0 Å². The smallest absolute Gasteiger partial charge is 0.456 e. The average Bonchev–Trinajstić information content (AvgIpc) is 2.73. The van der Waals surface area contributed by atoms with Crippen LogP contribution in [0.1, 0.15) is 0 Å². The first-order valence-corrected chi connectivity index (χ1v) is 22.7. The summed E-state index contributed by atoms with van der Waals surface area (Å²) in [5, 5.41) is 4.54. The third-order valence-corrected chi connectivity index (χ3v) is 40.0. The number of hydrogen-bond donors (Lipinski definition) is 0. The van der Waals surface area contributed by atoms with Gasteiger partial charge in [0.2, 0.25) is 0 Å². The minimum atomic E-state index is -2.26. The number of hydrogen-bond acceptors (Lipinski definition) is 1. The second kappa shape index (κ2) is 10.1. The van der Waals surface area contributed by atoms with Gasteiger partial charge in [-0.05, 0) is 38.5 Å². The summed E-state index contributed by atoms with van der Waals surface area (Å²) >= 11 is 0. The zero-order valence-electron chi connectivity index (χ0n) is 19.6. The molecule has 0 saturated heterocycles. The molecule has 0 aliphatic heterocycles. The zero-order valence-corrected chi connectivity index (χ0v) is 23.6. The third kappa shape index (κ3) is 5.10. The molecule has 0 aliphatic rings. The molecule has 0 aliphatic carbocycles. The van der Waals surface area contributed by atoms with E-state index >= 15 is 0 Å². The Morgan fingerprint density at radius 3 is 1.43 bits per heavy atom. The van der Waals surface area contributed by atoms with Crippen LogP contribution in [0.5, 0.6) is 0 Å². The molecule has 0 fully saturated rings. The molecule has 0 heterocycles. The van der Waals surface area contributed by atoms with E-state index in [1.54, 1.807) is 5.19 Å². The first-order valence-electron chi connectivity index (χ1n) is 10.4. The van der Waals surface area contributed by atoms with E-state index in [1.807, 2.05) is 0 Å². The summed E-state index contributed by atoms with van der Waals surface area (Å²) in [7, 11) is -6.86. The summed E-state index contributed by atoms with van der Waals surface area (Å²) < 4.78 is 7.34. The van der Waals surface area contributed by atoms with Crippen LogP contribution in [0.4, 0.5) is 0 Å². The monoisotopic (exact) mass is 456 g/mol. The quantitative estimate of drug-likeness (QED) is 0.490. The molecule has 0 amide bonds. The van der Waals surface area contributed by atoms with Gasteiger partial charge >= 0.3 is 18.9 Å². The third-order valence-electron chi connectivity index (χ3n) is 6.10. The van der Waals surface area contributed by atoms with Gasteiger partial charge < -0.3 is 4.12 Å². The standard InChI is InChI=1S/C24H33OSi4.Li/c1-26(22-16-10-7-11-17-22)29(6,24-20-14-9-15-21-24)28(5,25-27(2,3)4)23-18-12-8-13-19-23;/h7-21H,1-6H3;/q-1;+1. The Bertz CT molecular complexity index is 918. The van der Waals surface area contributed by atoms with Gasteiger partial charge in [0, 0.05) is 0 Å². The van der Waals surface area contributed by atoms with Crippen LogP contribution in [0.2, 0.25) is 39.3 Å². The van der Waals surface area contributed by atoms with Gasteiger partial charge in [0.05, 0.1) is 0 Å². The van der Waals surface area contributed by atoms with E-state index in [0.717, 1.165) is 0 Å². The molecule has 3 aromatic rings. The van der Waals surface area contributed by atoms with Crippen molar-refractivity contribution in [1.29, 1.82) is 0 Å². The molecule has 0 saturated carbocycles. The van der Waals surface area contributed by atoms with Gasteiger partial charge in [-0.1, -0.05) is 103 Å². The Hall–Kier alpha value is -0.915. The number of benzene rings is 3. The maximum atomic E-state index is 7.34. The van der Waals surface area contributed by atoms with E-state index in [2.05, 4.69) is 130 Å². The Morgan fingerprint density at radius 1 is 0.600 bits per heavy atom. The van der Waals surface area contributed by atoms with Crippen LogP contribution in [0.3, 0.4) is 0 Å². The topological polar surface area (TPSA) is 9.23 Å². The molecule has 0 spiro atoms. The van der Waals surface area contributed by atoms with Gasteiger partial charge in [0.15, 0.2) is 16.2 Å². The number of rotatable bonds is 7. The molecule has 0 aromatic heterocycles. The molecule has 0 bridgehead atoms. The van der Waals surface area contributed by atoms with E-state index in [0.29, 0.717) is 0 Å². The van der Waals surface area contributed by atoms with Crippen LogP contribution in [0, 0.1) is 0 Å². The molecule has 1 nitrogen and oxygen atoms in total. The molecular formula is C24H33LiOSi4. The van der Waals surface area contributed by atoms with E-state index in [-0.39, 0.29) is 18.9 Å². The minimum Gasteiger partial charge on any atom is -0.456 e. The SMILES string of the molecule is C[Si-](c1ccccc1)[Si](C)(c1ccccc1)[Si](C)(O[Si](C)(C)C)c1ccccc1.[Li+]. The van der Waals surface area contributed by atoms with Crippen molar-refractivity contribution in [1.82, 2.24) is 0 Å². The van der Waals surface area contributed by atoms with E-state index in [1.165, 1.54) is 10.4 Å². The van der Waals surface area contributed by atoms with Crippen molar-refractivity contribution in [2.45, 2.75) is 39.3 Å². The van der Waals surface area contributed by atoms with Crippen LogP contribution in [-0.2, 0) is 4.12 Å². The van der Waals surface area contributed by atoms with Crippen molar-refractivity contribution in [3.63, 3.8) is 0 Å². The Balaban J connectivity index is 0.00000320. The van der Waals surface area contributed by atoms with Gasteiger partial charge in [-0.25, -0.2) is 5.19 Å². The molecule has 152 valence electrons. The molecular weight excluding hydrogens is 424 g/mol. The van der Waals surface area contributed by atoms with Crippen molar-refractivity contribution in [2.75, 3.05) is 0 Å². The van der Waals surface area contributed by atoms with Crippen LogP contribution >= 0.6 is 0 Å². The minimum absolute atomic E-state index is 0. The van der Waals surface area contributed by atoms with E-state index < -0.39 is 31.6 Å². The molecule has 2 unspecified atom stereocenters. The molecule has 6 heteroatoms. The first-order chi connectivity index (χ1) is 13.7. The van der Waals surface area contributed by atoms with Crippen molar-refractivity contribution in [3.8, 4) is 0 Å². The van der Waals surface area contributed by atoms with Crippen molar-refractivity contribution in [3.05, 3.63) is 91.0 Å². The van der Waals surface area contributed by atoms with Gasteiger partial charge in [-0.15, -0.1) is 0 Å². The summed E-state index contributed by atoms with van der Waals surface area (Å²) in [6, 6.07) is 33.7. The van der Waals surface area contributed by atoms with Crippen molar-refractivity contribution >= 4 is 47.1 Å². The van der Waals surface area contributed by atoms with Gasteiger partial charge in [0.1, 0.15) is 0 Å². The van der Waals surface area contributed by atoms with Crippen molar-refractivity contribution < 1.29 is 23.0 Å². The van der Waals surface area contributed by atoms with E-state index in [9.17, 15) is 0 Å². The van der Waals surface area contributed by atoms with Crippen LogP contribution < -0.4 is 34.4 Å². The predicted molar refractivity (Wildman–Crippen MR) is 138 cm³/mol. The molecule has 0 N–H and O–H groups in total. The first kappa shape index (κ1) is 25.3. The summed E-state index contributed by atoms with van der Waals surface area (Å²) in [5.41, 5.74) is 0. The van der Waals surface area contributed by atoms with Gasteiger partial charge in [-0.3, -0.25) is 8.31 Å². The summed E-state index contributed by atoms with van der Waals surface area (Å²) in [6.07, 6.45) is 0. The zero-order chi connectivity index (χ0) is 21.1. The molecule has 3 aromatic carbocycles. The van der Waals surface area contributed by atoms with Gasteiger partial charge in [-0.2, -0.15) is 6.55 Å². The predicted octanol–water partition coefficient (Wildman–Crippen LogP) is 1.50. The summed E-state index contributed by atoms with van der Waals surface area (Å²) in [4.78, 5) is 0. The van der Waals surface area contributed by atoms with Crippen LogP contribution in [-0.4, -0.2) is 31.6 Å². The molecule has 2 atom stereocenters. The molecule has 3 rings (SSSR count). The van der Waals surface area contributed by atoms with Gasteiger partial charge in [0.25, 0.3) is 0 Å². The second-order valence-corrected chi connectivity index (χ2v) is 34.0. The Kier molecular flexibility index (Phi) is 8.56. The Labute approximate surface area is 199 Å². The summed E-state index contributed by atoms with van der Waals surface area (Å²) in [6.45, 7) is 14.8.